The van der Waals surface area contributed by atoms with Gasteiger partial charge in [-0.25, -0.2) is 4.79 Å². The number of nitrogens with one attached hydrogen (secondary N) is 2. The van der Waals surface area contributed by atoms with Gasteiger partial charge in [-0.15, -0.1) is 10.2 Å². The maximum atomic E-state index is 12.8. The molecule has 1 aliphatic rings. The molecule has 154 valence electrons. The topological polar surface area (TPSA) is 87.2 Å². The normalized spacial score (nSPS) is 15.8. The van der Waals surface area contributed by atoms with Gasteiger partial charge in [0.25, 0.3) is 0 Å². The third-order valence-corrected chi connectivity index (χ3v) is 6.21. The van der Waals surface area contributed by atoms with Crippen LogP contribution in [0.1, 0.15) is 18.4 Å². The number of carbonyl (C=O) groups is 2. The van der Waals surface area contributed by atoms with Crippen molar-refractivity contribution < 1.29 is 9.59 Å². The fourth-order valence-electron chi connectivity index (χ4n) is 3.36. The number of aromatic nitrogens is 2. The highest BCUT2D eigenvalue weighted by atomic mass is 79.9. The molecule has 0 radical (unpaired) electrons. The number of benzene rings is 2. The number of rotatable bonds is 5. The molecule has 0 saturated carbocycles. The molecule has 9 heteroatoms. The van der Waals surface area contributed by atoms with Crippen molar-refractivity contribution in [3.05, 3.63) is 64.6 Å². The Kier molecular flexibility index (Phi) is 6.39. The van der Waals surface area contributed by atoms with Gasteiger partial charge < -0.3 is 10.2 Å². The van der Waals surface area contributed by atoms with Crippen molar-refractivity contribution in [3.8, 4) is 10.6 Å². The van der Waals surface area contributed by atoms with Crippen molar-refractivity contribution in [2.75, 3.05) is 11.9 Å². The Morgan fingerprint density at radius 3 is 2.77 bits per heavy atom. The van der Waals surface area contributed by atoms with Crippen LogP contribution in [-0.4, -0.2) is 39.6 Å². The Labute approximate surface area is 186 Å². The second-order valence-corrected chi connectivity index (χ2v) is 8.80. The summed E-state index contributed by atoms with van der Waals surface area (Å²) in [6, 6.07) is 16.7. The lowest BCUT2D eigenvalue weighted by molar-refractivity contribution is -0.119. The van der Waals surface area contributed by atoms with Crippen molar-refractivity contribution in [3.63, 3.8) is 0 Å². The molecule has 3 aromatic rings. The number of likely N-dealkylation sites (tertiary alicyclic amines) is 1. The summed E-state index contributed by atoms with van der Waals surface area (Å²) in [5.41, 5.74) is 1.94. The number of hydrogen-bond acceptors (Lipinski definition) is 5. The van der Waals surface area contributed by atoms with E-state index in [0.717, 1.165) is 27.0 Å². The fourth-order valence-corrected chi connectivity index (χ4v) is 4.50. The Morgan fingerprint density at radius 2 is 1.97 bits per heavy atom. The second kappa shape index (κ2) is 9.36. The van der Waals surface area contributed by atoms with Crippen LogP contribution in [0.5, 0.6) is 0 Å². The zero-order chi connectivity index (χ0) is 20.9. The van der Waals surface area contributed by atoms with Gasteiger partial charge in [-0.05, 0) is 30.5 Å². The van der Waals surface area contributed by atoms with E-state index in [1.807, 2.05) is 54.6 Å². The van der Waals surface area contributed by atoms with Gasteiger partial charge in [0.2, 0.25) is 11.0 Å². The molecule has 2 heterocycles. The first kappa shape index (κ1) is 20.5. The van der Waals surface area contributed by atoms with Crippen molar-refractivity contribution >= 4 is 44.3 Å². The Hall–Kier alpha value is -2.78. The minimum atomic E-state index is -0.515. The number of urea groups is 1. The second-order valence-electron chi connectivity index (χ2n) is 6.91. The lowest BCUT2D eigenvalue weighted by atomic mass is 10.2. The van der Waals surface area contributed by atoms with E-state index in [1.165, 1.54) is 11.3 Å². The molecule has 7 nitrogen and oxygen atoms in total. The van der Waals surface area contributed by atoms with Crippen molar-refractivity contribution in [1.29, 1.82) is 0 Å². The van der Waals surface area contributed by atoms with E-state index in [2.05, 4.69) is 36.8 Å². The lowest BCUT2D eigenvalue weighted by Crippen LogP contribution is -2.47. The van der Waals surface area contributed by atoms with Crippen LogP contribution in [-0.2, 0) is 11.3 Å². The van der Waals surface area contributed by atoms with Crippen LogP contribution >= 0.6 is 27.3 Å². The minimum Gasteiger partial charge on any atom is -0.334 e. The Bertz CT molecular complexity index is 1040. The molecule has 1 aromatic heterocycles. The van der Waals surface area contributed by atoms with Gasteiger partial charge >= 0.3 is 6.03 Å². The molecule has 1 aliphatic heterocycles. The van der Waals surface area contributed by atoms with E-state index in [9.17, 15) is 9.59 Å². The van der Waals surface area contributed by atoms with E-state index in [1.54, 1.807) is 4.90 Å². The lowest BCUT2D eigenvalue weighted by Gasteiger charge is -2.23. The average molecular weight is 486 g/mol. The number of halogens is 1. The van der Waals surface area contributed by atoms with Crippen LogP contribution in [0.15, 0.2) is 59.1 Å². The van der Waals surface area contributed by atoms with Crippen LogP contribution in [0.3, 0.4) is 0 Å². The monoisotopic (exact) mass is 485 g/mol. The van der Waals surface area contributed by atoms with Crippen LogP contribution in [0.25, 0.3) is 10.6 Å². The highest BCUT2D eigenvalue weighted by Gasteiger charge is 2.34. The molecule has 1 atom stereocenters. The van der Waals surface area contributed by atoms with E-state index in [-0.39, 0.29) is 11.9 Å². The average Bonchev–Trinajstić information content (AvgIpc) is 3.43. The SMILES string of the molecule is O=C(Nc1nnc(-c2cccc(Br)c2)s1)C1CCCN1C(=O)NCc1ccccc1. The summed E-state index contributed by atoms with van der Waals surface area (Å²) < 4.78 is 0.948. The van der Waals surface area contributed by atoms with Crippen LogP contribution < -0.4 is 10.6 Å². The molecule has 0 bridgehead atoms. The van der Waals surface area contributed by atoms with Crippen LogP contribution in [0.2, 0.25) is 0 Å². The fraction of sp³-hybridized carbons (Fsp3) is 0.238. The number of hydrogen-bond donors (Lipinski definition) is 2. The van der Waals surface area contributed by atoms with Crippen LogP contribution in [0.4, 0.5) is 9.93 Å². The quantitative estimate of drug-likeness (QED) is 0.564. The molecular weight excluding hydrogens is 466 g/mol. The molecule has 1 unspecified atom stereocenters. The van der Waals surface area contributed by atoms with E-state index in [4.69, 9.17) is 0 Å². The zero-order valence-corrected chi connectivity index (χ0v) is 18.4. The van der Waals surface area contributed by atoms with Crippen LogP contribution in [0, 0.1) is 0 Å². The summed E-state index contributed by atoms with van der Waals surface area (Å²) in [4.78, 5) is 27.0. The van der Waals surface area contributed by atoms with Gasteiger partial charge in [0.15, 0.2) is 0 Å². The van der Waals surface area contributed by atoms with Crippen molar-refractivity contribution in [2.45, 2.75) is 25.4 Å². The van der Waals surface area contributed by atoms with Gasteiger partial charge in [0, 0.05) is 23.1 Å². The van der Waals surface area contributed by atoms with Gasteiger partial charge in [-0.3, -0.25) is 10.1 Å². The maximum absolute atomic E-state index is 12.8. The largest absolute Gasteiger partial charge is 0.334 e. The standard InChI is InChI=1S/C21H20BrN5O2S/c22-16-9-4-8-15(12-16)19-25-26-20(30-19)24-18(28)17-10-5-11-27(17)21(29)23-13-14-6-2-1-3-7-14/h1-4,6-9,12,17H,5,10-11,13H2,(H,23,29)(H,24,26,28). The summed E-state index contributed by atoms with van der Waals surface area (Å²) >= 11 is 4.75. The Balaban J connectivity index is 1.37. The first-order chi connectivity index (χ1) is 14.6. The number of anilines is 1. The van der Waals surface area contributed by atoms with E-state index < -0.39 is 6.04 Å². The molecule has 4 rings (SSSR count). The van der Waals surface area contributed by atoms with Crippen molar-refractivity contribution in [2.24, 2.45) is 0 Å². The summed E-state index contributed by atoms with van der Waals surface area (Å²) in [6.07, 6.45) is 1.41. The minimum absolute atomic E-state index is 0.233. The molecule has 0 spiro atoms. The predicted octanol–water partition coefficient (Wildman–Crippen LogP) is 4.28. The third kappa shape index (κ3) is 4.85. The molecule has 0 aliphatic carbocycles. The van der Waals surface area contributed by atoms with Crippen molar-refractivity contribution in [1.82, 2.24) is 20.4 Å². The summed E-state index contributed by atoms with van der Waals surface area (Å²) in [6.45, 7) is 0.981. The van der Waals surface area contributed by atoms with E-state index >= 15 is 0 Å². The third-order valence-electron chi connectivity index (χ3n) is 4.83. The first-order valence-electron chi connectivity index (χ1n) is 9.59. The van der Waals surface area contributed by atoms with Gasteiger partial charge in [0.05, 0.1) is 0 Å². The summed E-state index contributed by atoms with van der Waals surface area (Å²) in [7, 11) is 0. The summed E-state index contributed by atoms with van der Waals surface area (Å²) in [5, 5.41) is 15.1. The highest BCUT2D eigenvalue weighted by molar-refractivity contribution is 9.10. The molecule has 2 N–H and O–H groups in total. The number of amides is 3. The van der Waals surface area contributed by atoms with Gasteiger partial charge in [-0.1, -0.05) is 69.7 Å². The van der Waals surface area contributed by atoms with E-state index in [0.29, 0.717) is 24.6 Å². The molecular formula is C21H20BrN5O2S. The smallest absolute Gasteiger partial charge is 0.318 e. The molecule has 1 fully saturated rings. The molecule has 2 aromatic carbocycles. The zero-order valence-electron chi connectivity index (χ0n) is 16.0. The molecule has 30 heavy (non-hydrogen) atoms. The predicted molar refractivity (Wildman–Crippen MR) is 120 cm³/mol. The number of carbonyl (C=O) groups excluding carboxylic acids is 2. The molecule has 3 amide bonds. The Morgan fingerprint density at radius 1 is 1.13 bits per heavy atom. The van der Waals surface area contributed by atoms with Gasteiger partial charge in [-0.2, -0.15) is 0 Å². The summed E-state index contributed by atoms with van der Waals surface area (Å²) in [5.74, 6) is -0.237. The first-order valence-corrected chi connectivity index (χ1v) is 11.2. The molecule has 1 saturated heterocycles. The highest BCUT2D eigenvalue weighted by Crippen LogP contribution is 2.29. The number of nitrogens with zero attached hydrogens (tertiary/aromatic N) is 3. The van der Waals surface area contributed by atoms with Gasteiger partial charge in [0.1, 0.15) is 11.0 Å². The maximum Gasteiger partial charge on any atom is 0.318 e.